The van der Waals surface area contributed by atoms with Crippen LogP contribution in [0.4, 0.5) is 10.6 Å². The van der Waals surface area contributed by atoms with Crippen molar-refractivity contribution in [3.05, 3.63) is 18.3 Å². The standard InChI is InChI=1S/C9H12N4O3/c1-2-16-8(14)6-10-9(15)12-7-4-3-5-11-13-7/h3-5H,2,6H2,1H3,(H2,10,12,13,15). The van der Waals surface area contributed by atoms with Gasteiger partial charge in [-0.3, -0.25) is 10.1 Å². The Hall–Kier alpha value is -2.18. The van der Waals surface area contributed by atoms with Gasteiger partial charge in [0.2, 0.25) is 0 Å². The van der Waals surface area contributed by atoms with Gasteiger partial charge in [0.25, 0.3) is 0 Å². The first-order valence-electron chi connectivity index (χ1n) is 4.70. The third-order valence-corrected chi connectivity index (χ3v) is 1.51. The summed E-state index contributed by atoms with van der Waals surface area (Å²) in [4.78, 5) is 22.1. The van der Waals surface area contributed by atoms with Gasteiger partial charge in [0.05, 0.1) is 6.61 Å². The van der Waals surface area contributed by atoms with Crippen LogP contribution < -0.4 is 10.6 Å². The molecule has 0 atom stereocenters. The van der Waals surface area contributed by atoms with E-state index in [9.17, 15) is 9.59 Å². The van der Waals surface area contributed by atoms with E-state index in [0.717, 1.165) is 0 Å². The molecule has 0 aliphatic heterocycles. The molecule has 0 saturated heterocycles. The van der Waals surface area contributed by atoms with Crippen molar-refractivity contribution in [1.29, 1.82) is 0 Å². The summed E-state index contributed by atoms with van der Waals surface area (Å²) in [6.45, 7) is 1.80. The van der Waals surface area contributed by atoms with Crippen molar-refractivity contribution in [3.63, 3.8) is 0 Å². The van der Waals surface area contributed by atoms with Crippen molar-refractivity contribution in [2.45, 2.75) is 6.92 Å². The number of hydrogen-bond acceptors (Lipinski definition) is 5. The minimum absolute atomic E-state index is 0.181. The van der Waals surface area contributed by atoms with E-state index >= 15 is 0 Å². The number of hydrogen-bond donors (Lipinski definition) is 2. The van der Waals surface area contributed by atoms with Crippen LogP contribution in [0.1, 0.15) is 6.92 Å². The second-order valence-electron chi connectivity index (χ2n) is 2.72. The highest BCUT2D eigenvalue weighted by atomic mass is 16.5. The van der Waals surface area contributed by atoms with Crippen LogP contribution in [-0.4, -0.2) is 35.3 Å². The molecule has 0 bridgehead atoms. The van der Waals surface area contributed by atoms with E-state index in [0.29, 0.717) is 5.82 Å². The van der Waals surface area contributed by atoms with Crippen LogP contribution in [0.5, 0.6) is 0 Å². The second kappa shape index (κ2) is 6.33. The Morgan fingerprint density at radius 1 is 1.50 bits per heavy atom. The maximum atomic E-state index is 11.2. The van der Waals surface area contributed by atoms with Gasteiger partial charge in [0.15, 0.2) is 5.82 Å². The number of esters is 1. The van der Waals surface area contributed by atoms with Crippen LogP contribution in [-0.2, 0) is 9.53 Å². The van der Waals surface area contributed by atoms with Crippen molar-refractivity contribution in [2.75, 3.05) is 18.5 Å². The predicted molar refractivity (Wildman–Crippen MR) is 55.7 cm³/mol. The Morgan fingerprint density at radius 2 is 2.31 bits per heavy atom. The lowest BCUT2D eigenvalue weighted by molar-refractivity contribution is -0.141. The number of ether oxygens (including phenoxy) is 1. The lowest BCUT2D eigenvalue weighted by Crippen LogP contribution is -2.34. The molecule has 1 aromatic heterocycles. The zero-order chi connectivity index (χ0) is 11.8. The monoisotopic (exact) mass is 224 g/mol. The highest BCUT2D eigenvalue weighted by molar-refractivity contribution is 5.90. The molecule has 0 aliphatic rings. The van der Waals surface area contributed by atoms with Crippen molar-refractivity contribution < 1.29 is 14.3 Å². The van der Waals surface area contributed by atoms with Crippen molar-refractivity contribution in [3.8, 4) is 0 Å². The van der Waals surface area contributed by atoms with E-state index in [2.05, 4.69) is 25.6 Å². The summed E-state index contributed by atoms with van der Waals surface area (Å²) in [6.07, 6.45) is 1.49. The molecule has 16 heavy (non-hydrogen) atoms. The zero-order valence-corrected chi connectivity index (χ0v) is 8.77. The lowest BCUT2D eigenvalue weighted by atomic mass is 10.5. The first kappa shape index (κ1) is 11.9. The number of amides is 2. The topological polar surface area (TPSA) is 93.2 Å². The second-order valence-corrected chi connectivity index (χ2v) is 2.72. The van der Waals surface area contributed by atoms with Gasteiger partial charge in [-0.15, -0.1) is 5.10 Å². The van der Waals surface area contributed by atoms with Crippen LogP contribution in [0, 0.1) is 0 Å². The van der Waals surface area contributed by atoms with Gasteiger partial charge in [-0.1, -0.05) is 0 Å². The first-order chi connectivity index (χ1) is 7.72. The quantitative estimate of drug-likeness (QED) is 0.710. The van der Waals surface area contributed by atoms with Gasteiger partial charge in [-0.2, -0.15) is 5.10 Å². The van der Waals surface area contributed by atoms with Gasteiger partial charge in [0.1, 0.15) is 6.54 Å². The minimum Gasteiger partial charge on any atom is -0.465 e. The number of urea groups is 1. The van der Waals surface area contributed by atoms with Gasteiger partial charge in [-0.05, 0) is 19.1 Å². The molecule has 7 heteroatoms. The van der Waals surface area contributed by atoms with Crippen molar-refractivity contribution in [1.82, 2.24) is 15.5 Å². The molecular formula is C9H12N4O3. The Labute approximate surface area is 92.2 Å². The number of rotatable bonds is 4. The average Bonchev–Trinajstić information content (AvgIpc) is 2.28. The van der Waals surface area contributed by atoms with E-state index in [4.69, 9.17) is 0 Å². The molecule has 86 valence electrons. The van der Waals surface area contributed by atoms with Crippen LogP contribution >= 0.6 is 0 Å². The molecular weight excluding hydrogens is 212 g/mol. The molecule has 0 unspecified atom stereocenters. The molecule has 0 fully saturated rings. The molecule has 2 amide bonds. The maximum absolute atomic E-state index is 11.2. The fourth-order valence-electron chi connectivity index (χ4n) is 0.893. The molecule has 0 saturated carbocycles. The average molecular weight is 224 g/mol. The fraction of sp³-hybridized carbons (Fsp3) is 0.333. The summed E-state index contributed by atoms with van der Waals surface area (Å²) < 4.78 is 4.63. The highest BCUT2D eigenvalue weighted by Gasteiger charge is 2.06. The Bertz CT molecular complexity index is 355. The summed E-state index contributed by atoms with van der Waals surface area (Å²) in [5.41, 5.74) is 0. The van der Waals surface area contributed by atoms with E-state index in [1.54, 1.807) is 19.1 Å². The molecule has 0 radical (unpaired) electrons. The number of carbonyl (C=O) groups is 2. The molecule has 7 nitrogen and oxygen atoms in total. The number of nitrogens with zero attached hydrogens (tertiary/aromatic N) is 2. The van der Waals surface area contributed by atoms with Gasteiger partial charge in [0, 0.05) is 6.20 Å². The van der Waals surface area contributed by atoms with E-state index in [1.165, 1.54) is 6.20 Å². The smallest absolute Gasteiger partial charge is 0.325 e. The van der Waals surface area contributed by atoms with Gasteiger partial charge < -0.3 is 10.1 Å². The number of nitrogens with one attached hydrogen (secondary N) is 2. The number of anilines is 1. The maximum Gasteiger partial charge on any atom is 0.325 e. The molecule has 2 N–H and O–H groups in total. The SMILES string of the molecule is CCOC(=O)CNC(=O)Nc1cccnn1. The summed E-state index contributed by atoms with van der Waals surface area (Å²) in [5.74, 6) is -0.180. The Balaban J connectivity index is 2.29. The number of aromatic nitrogens is 2. The third-order valence-electron chi connectivity index (χ3n) is 1.51. The summed E-state index contributed by atoms with van der Waals surface area (Å²) in [6, 6.07) is 2.68. The largest absolute Gasteiger partial charge is 0.465 e. The summed E-state index contributed by atoms with van der Waals surface area (Å²) in [5, 5.41) is 12.0. The van der Waals surface area contributed by atoms with Crippen LogP contribution in [0.25, 0.3) is 0 Å². The lowest BCUT2D eigenvalue weighted by Gasteiger charge is -2.05. The molecule has 1 heterocycles. The third kappa shape index (κ3) is 4.36. The molecule has 0 aliphatic carbocycles. The predicted octanol–water partition coefficient (Wildman–Crippen LogP) is 0.161. The number of carbonyl (C=O) groups excluding carboxylic acids is 2. The van der Waals surface area contributed by atoms with Crippen molar-refractivity contribution in [2.24, 2.45) is 0 Å². The Kier molecular flexibility index (Phi) is 4.71. The summed E-state index contributed by atoms with van der Waals surface area (Å²) >= 11 is 0. The summed E-state index contributed by atoms with van der Waals surface area (Å²) in [7, 11) is 0. The van der Waals surface area contributed by atoms with Gasteiger partial charge in [-0.25, -0.2) is 4.79 Å². The van der Waals surface area contributed by atoms with Crippen LogP contribution in [0.3, 0.4) is 0 Å². The van der Waals surface area contributed by atoms with E-state index in [-0.39, 0.29) is 13.2 Å². The van der Waals surface area contributed by atoms with Crippen LogP contribution in [0.15, 0.2) is 18.3 Å². The molecule has 0 aromatic carbocycles. The van der Waals surface area contributed by atoms with E-state index < -0.39 is 12.0 Å². The van der Waals surface area contributed by atoms with Crippen molar-refractivity contribution >= 4 is 17.8 Å². The molecule has 1 rings (SSSR count). The van der Waals surface area contributed by atoms with Crippen LogP contribution in [0.2, 0.25) is 0 Å². The molecule has 0 spiro atoms. The highest BCUT2D eigenvalue weighted by Crippen LogP contribution is 1.96. The molecule has 1 aromatic rings. The first-order valence-corrected chi connectivity index (χ1v) is 4.70. The Morgan fingerprint density at radius 3 is 2.94 bits per heavy atom. The van der Waals surface area contributed by atoms with Gasteiger partial charge >= 0.3 is 12.0 Å². The minimum atomic E-state index is -0.534. The normalized spacial score (nSPS) is 9.31. The zero-order valence-electron chi connectivity index (χ0n) is 8.77. The van der Waals surface area contributed by atoms with E-state index in [1.807, 2.05) is 0 Å². The fourth-order valence-corrected chi connectivity index (χ4v) is 0.893.